The molecule has 1 aliphatic rings. The molecule has 4 nitrogen and oxygen atoms in total. The second-order valence-electron chi connectivity index (χ2n) is 4.58. The number of nitrogens with zero attached hydrogens (tertiary/aromatic N) is 4. The Morgan fingerprint density at radius 3 is 2.71 bits per heavy atom. The van der Waals surface area contributed by atoms with E-state index >= 15 is 0 Å². The number of hydrogen-bond donors (Lipinski definition) is 0. The minimum absolute atomic E-state index is 0.474. The molecule has 0 aliphatic carbocycles. The van der Waals surface area contributed by atoms with E-state index in [1.165, 1.54) is 11.4 Å². The van der Waals surface area contributed by atoms with Crippen LogP contribution in [0.25, 0.3) is 11.3 Å². The normalized spacial score (nSPS) is 20.2. The average molecular weight is 228 g/mol. The van der Waals surface area contributed by atoms with Crippen LogP contribution in [0, 0.1) is 0 Å². The molecule has 3 heterocycles. The first kappa shape index (κ1) is 10.5. The predicted octanol–water partition coefficient (Wildman–Crippen LogP) is 1.95. The molecule has 88 valence electrons. The highest BCUT2D eigenvalue weighted by Crippen LogP contribution is 2.30. The topological polar surface area (TPSA) is 34.0 Å². The van der Waals surface area contributed by atoms with Gasteiger partial charge in [0, 0.05) is 42.8 Å². The zero-order valence-electron chi connectivity index (χ0n) is 10.2. The molecule has 0 bridgehead atoms. The van der Waals surface area contributed by atoms with Crippen molar-refractivity contribution in [3.63, 3.8) is 0 Å². The van der Waals surface area contributed by atoms with Gasteiger partial charge in [0.05, 0.1) is 5.69 Å². The first-order valence-electron chi connectivity index (χ1n) is 5.92. The van der Waals surface area contributed by atoms with Gasteiger partial charge in [0.2, 0.25) is 0 Å². The highest BCUT2D eigenvalue weighted by atomic mass is 15.2. The summed E-state index contributed by atoms with van der Waals surface area (Å²) in [6.07, 6.45) is 5.32. The van der Waals surface area contributed by atoms with E-state index in [4.69, 9.17) is 0 Å². The Morgan fingerprint density at radius 2 is 1.94 bits per heavy atom. The molecule has 0 aromatic carbocycles. The molecule has 0 fully saturated rings. The number of rotatable bonds is 1. The van der Waals surface area contributed by atoms with Crippen molar-refractivity contribution in [2.45, 2.75) is 19.5 Å². The average Bonchev–Trinajstić information content (AvgIpc) is 2.79. The molecule has 0 amide bonds. The monoisotopic (exact) mass is 228 g/mol. The molecule has 2 aromatic heterocycles. The minimum atomic E-state index is 0.474. The van der Waals surface area contributed by atoms with E-state index in [-0.39, 0.29) is 0 Å². The molecule has 1 unspecified atom stereocenters. The van der Waals surface area contributed by atoms with Crippen molar-refractivity contribution in [2.24, 2.45) is 0 Å². The molecule has 0 spiro atoms. The van der Waals surface area contributed by atoms with E-state index in [1.807, 2.05) is 12.4 Å². The SMILES string of the molecule is CC1c2ccc(-c3cncnc3)n2CCN1C. The van der Waals surface area contributed by atoms with Crippen LogP contribution in [0.5, 0.6) is 0 Å². The van der Waals surface area contributed by atoms with Gasteiger partial charge in [-0.25, -0.2) is 9.97 Å². The lowest BCUT2D eigenvalue weighted by Crippen LogP contribution is -2.33. The van der Waals surface area contributed by atoms with Crippen molar-refractivity contribution >= 4 is 0 Å². The summed E-state index contributed by atoms with van der Waals surface area (Å²) >= 11 is 0. The van der Waals surface area contributed by atoms with E-state index in [9.17, 15) is 0 Å². The Morgan fingerprint density at radius 1 is 1.18 bits per heavy atom. The van der Waals surface area contributed by atoms with Crippen LogP contribution in [0.15, 0.2) is 30.9 Å². The van der Waals surface area contributed by atoms with Gasteiger partial charge >= 0.3 is 0 Å². The van der Waals surface area contributed by atoms with Crippen molar-refractivity contribution in [1.29, 1.82) is 0 Å². The molecule has 0 N–H and O–H groups in total. The van der Waals surface area contributed by atoms with Gasteiger partial charge < -0.3 is 4.57 Å². The van der Waals surface area contributed by atoms with Crippen molar-refractivity contribution in [2.75, 3.05) is 13.6 Å². The van der Waals surface area contributed by atoms with Crippen molar-refractivity contribution in [3.8, 4) is 11.3 Å². The van der Waals surface area contributed by atoms with Gasteiger partial charge in [0.15, 0.2) is 0 Å². The smallest absolute Gasteiger partial charge is 0.115 e. The van der Waals surface area contributed by atoms with E-state index in [0.717, 1.165) is 18.7 Å². The molecular weight excluding hydrogens is 212 g/mol. The summed E-state index contributed by atoms with van der Waals surface area (Å²) in [5.74, 6) is 0. The Balaban J connectivity index is 2.08. The third-order valence-electron chi connectivity index (χ3n) is 3.64. The number of fused-ring (bicyclic) bond motifs is 1. The van der Waals surface area contributed by atoms with Crippen LogP contribution >= 0.6 is 0 Å². The molecule has 1 atom stereocenters. The first-order valence-corrected chi connectivity index (χ1v) is 5.92. The van der Waals surface area contributed by atoms with E-state index < -0.39 is 0 Å². The van der Waals surface area contributed by atoms with Gasteiger partial charge in [0.25, 0.3) is 0 Å². The van der Waals surface area contributed by atoms with Crippen LogP contribution in [-0.2, 0) is 6.54 Å². The van der Waals surface area contributed by atoms with Gasteiger partial charge in [-0.05, 0) is 26.1 Å². The minimum Gasteiger partial charge on any atom is -0.342 e. The zero-order valence-corrected chi connectivity index (χ0v) is 10.2. The van der Waals surface area contributed by atoms with Gasteiger partial charge in [-0.15, -0.1) is 0 Å². The fourth-order valence-corrected chi connectivity index (χ4v) is 2.46. The van der Waals surface area contributed by atoms with Crippen LogP contribution in [0.2, 0.25) is 0 Å². The Kier molecular flexibility index (Phi) is 2.44. The van der Waals surface area contributed by atoms with Crippen LogP contribution in [0.1, 0.15) is 18.7 Å². The van der Waals surface area contributed by atoms with Gasteiger partial charge in [-0.1, -0.05) is 0 Å². The Labute approximate surface area is 101 Å². The fraction of sp³-hybridized carbons (Fsp3) is 0.385. The largest absolute Gasteiger partial charge is 0.342 e. The third kappa shape index (κ3) is 1.65. The summed E-state index contributed by atoms with van der Waals surface area (Å²) in [6, 6.07) is 4.86. The molecule has 0 saturated carbocycles. The standard InChI is InChI=1S/C13H16N4/c1-10-12-3-4-13(11-7-14-9-15-8-11)17(12)6-5-16(10)2/h3-4,7-10H,5-6H2,1-2H3. The highest BCUT2D eigenvalue weighted by Gasteiger charge is 2.22. The first-order chi connectivity index (χ1) is 8.27. The van der Waals surface area contributed by atoms with Crippen molar-refractivity contribution in [1.82, 2.24) is 19.4 Å². The summed E-state index contributed by atoms with van der Waals surface area (Å²) in [5.41, 5.74) is 3.69. The molecule has 1 aliphatic heterocycles. The fourth-order valence-electron chi connectivity index (χ4n) is 2.46. The van der Waals surface area contributed by atoms with Crippen LogP contribution in [-0.4, -0.2) is 33.0 Å². The van der Waals surface area contributed by atoms with Crippen LogP contribution in [0.3, 0.4) is 0 Å². The van der Waals surface area contributed by atoms with Crippen molar-refractivity contribution in [3.05, 3.63) is 36.5 Å². The summed E-state index contributed by atoms with van der Waals surface area (Å²) in [7, 11) is 2.17. The molecule has 17 heavy (non-hydrogen) atoms. The maximum absolute atomic E-state index is 4.09. The summed E-state index contributed by atoms with van der Waals surface area (Å²) in [6.45, 7) is 4.37. The van der Waals surface area contributed by atoms with E-state index in [2.05, 4.69) is 45.5 Å². The second-order valence-corrected chi connectivity index (χ2v) is 4.58. The van der Waals surface area contributed by atoms with E-state index in [1.54, 1.807) is 6.33 Å². The lowest BCUT2D eigenvalue weighted by Gasteiger charge is -2.32. The third-order valence-corrected chi connectivity index (χ3v) is 3.64. The quantitative estimate of drug-likeness (QED) is 0.748. The van der Waals surface area contributed by atoms with Crippen LogP contribution in [0.4, 0.5) is 0 Å². The highest BCUT2D eigenvalue weighted by molar-refractivity contribution is 5.59. The molecule has 3 rings (SSSR count). The Bertz CT molecular complexity index is 517. The van der Waals surface area contributed by atoms with E-state index in [0.29, 0.717) is 6.04 Å². The van der Waals surface area contributed by atoms with Crippen LogP contribution < -0.4 is 0 Å². The number of likely N-dealkylation sites (N-methyl/N-ethyl adjacent to an activating group) is 1. The van der Waals surface area contributed by atoms with Crippen molar-refractivity contribution < 1.29 is 0 Å². The molecule has 0 radical (unpaired) electrons. The maximum atomic E-state index is 4.09. The number of aromatic nitrogens is 3. The maximum Gasteiger partial charge on any atom is 0.115 e. The molecule has 0 saturated heterocycles. The molecular formula is C13H16N4. The lowest BCUT2D eigenvalue weighted by atomic mass is 10.2. The predicted molar refractivity (Wildman–Crippen MR) is 66.5 cm³/mol. The van der Waals surface area contributed by atoms with Gasteiger partial charge in [-0.2, -0.15) is 0 Å². The summed E-state index contributed by atoms with van der Waals surface area (Å²) in [5, 5.41) is 0. The number of hydrogen-bond acceptors (Lipinski definition) is 3. The molecule has 2 aromatic rings. The summed E-state index contributed by atoms with van der Waals surface area (Å²) in [4.78, 5) is 10.6. The molecule has 4 heteroatoms. The van der Waals surface area contributed by atoms with Gasteiger partial charge in [0.1, 0.15) is 6.33 Å². The van der Waals surface area contributed by atoms with Gasteiger partial charge in [-0.3, -0.25) is 4.90 Å². The zero-order chi connectivity index (χ0) is 11.8. The lowest BCUT2D eigenvalue weighted by molar-refractivity contribution is 0.212. The summed E-state index contributed by atoms with van der Waals surface area (Å²) < 4.78 is 2.38. The Hall–Kier alpha value is -1.68. The second kappa shape index (κ2) is 3.96.